The van der Waals surface area contributed by atoms with Crippen molar-refractivity contribution in [3.8, 4) is 11.3 Å². The lowest BCUT2D eigenvalue weighted by Gasteiger charge is -2.34. The molecule has 36 heavy (non-hydrogen) atoms. The topological polar surface area (TPSA) is 93.2 Å². The monoisotopic (exact) mass is 485 g/mol. The summed E-state index contributed by atoms with van der Waals surface area (Å²) in [5.74, 6) is 0.732. The highest BCUT2D eigenvalue weighted by atomic mass is 16.2. The molecule has 0 aliphatic carbocycles. The summed E-state index contributed by atoms with van der Waals surface area (Å²) in [5, 5.41) is 8.21. The fourth-order valence-corrected chi connectivity index (χ4v) is 5.25. The first-order valence-corrected chi connectivity index (χ1v) is 13.0. The second-order valence-corrected chi connectivity index (χ2v) is 9.64. The zero-order valence-electron chi connectivity index (χ0n) is 21.3. The molecule has 1 aliphatic heterocycles. The SMILES string of the molecule is CCC(=O)N1CCN(CCCCCn2nc(-c3ccc(C)c4ccccc34)c3c(N)ncnc32)CC1. The van der Waals surface area contributed by atoms with Crippen molar-refractivity contribution in [2.75, 3.05) is 38.5 Å². The van der Waals surface area contributed by atoms with Crippen molar-refractivity contribution in [3.63, 3.8) is 0 Å². The van der Waals surface area contributed by atoms with E-state index < -0.39 is 0 Å². The van der Waals surface area contributed by atoms with E-state index in [-0.39, 0.29) is 5.91 Å². The van der Waals surface area contributed by atoms with Crippen LogP contribution in [0.3, 0.4) is 0 Å². The van der Waals surface area contributed by atoms with Crippen molar-refractivity contribution in [1.82, 2.24) is 29.5 Å². The Morgan fingerprint density at radius 1 is 0.944 bits per heavy atom. The van der Waals surface area contributed by atoms with Gasteiger partial charge in [-0.3, -0.25) is 9.69 Å². The van der Waals surface area contributed by atoms with Gasteiger partial charge in [0, 0.05) is 44.7 Å². The van der Waals surface area contributed by atoms with E-state index in [4.69, 9.17) is 10.8 Å². The van der Waals surface area contributed by atoms with Crippen LogP contribution in [0.1, 0.15) is 38.2 Å². The lowest BCUT2D eigenvalue weighted by atomic mass is 9.97. The number of nitrogen functional groups attached to an aromatic ring is 1. The number of hydrogen-bond donors (Lipinski definition) is 1. The number of rotatable bonds is 8. The van der Waals surface area contributed by atoms with Crippen molar-refractivity contribution in [1.29, 1.82) is 0 Å². The number of aryl methyl sites for hydroxylation is 2. The zero-order chi connectivity index (χ0) is 25.1. The maximum atomic E-state index is 11.9. The number of hydrogen-bond acceptors (Lipinski definition) is 6. The summed E-state index contributed by atoms with van der Waals surface area (Å²) in [6.07, 6.45) is 5.38. The lowest BCUT2D eigenvalue weighted by Crippen LogP contribution is -2.48. The summed E-state index contributed by atoms with van der Waals surface area (Å²) >= 11 is 0. The number of fused-ring (bicyclic) bond motifs is 2. The van der Waals surface area contributed by atoms with Gasteiger partial charge in [0.1, 0.15) is 17.8 Å². The van der Waals surface area contributed by atoms with E-state index in [2.05, 4.69) is 58.2 Å². The summed E-state index contributed by atoms with van der Waals surface area (Å²) in [6.45, 7) is 9.57. The molecule has 1 saturated heterocycles. The van der Waals surface area contributed by atoms with Gasteiger partial charge in [0.05, 0.1) is 5.39 Å². The van der Waals surface area contributed by atoms with E-state index in [1.165, 1.54) is 17.3 Å². The summed E-state index contributed by atoms with van der Waals surface area (Å²) in [6, 6.07) is 12.7. The molecule has 0 atom stereocenters. The molecule has 0 bridgehead atoms. The Balaban J connectivity index is 1.27. The van der Waals surface area contributed by atoms with Crippen LogP contribution in [0.5, 0.6) is 0 Å². The summed E-state index contributed by atoms with van der Waals surface area (Å²) in [5.41, 5.74) is 10.3. The number of nitrogens with two attached hydrogens (primary N) is 1. The number of benzene rings is 2. The van der Waals surface area contributed by atoms with E-state index >= 15 is 0 Å². The third-order valence-electron chi connectivity index (χ3n) is 7.33. The Morgan fingerprint density at radius 3 is 2.47 bits per heavy atom. The molecule has 0 radical (unpaired) electrons. The third-order valence-corrected chi connectivity index (χ3v) is 7.33. The van der Waals surface area contributed by atoms with Crippen LogP contribution in [0.15, 0.2) is 42.7 Å². The van der Waals surface area contributed by atoms with Gasteiger partial charge in [-0.2, -0.15) is 5.10 Å². The standard InChI is InChI=1S/C28H35N7O/c1-3-24(36)34-17-15-33(16-18-34)13-7-4-8-14-35-28-25(27(29)30-19-31-28)26(32-35)23-12-11-20(2)21-9-5-6-10-22(21)23/h5-6,9-12,19H,3-4,7-8,13-18H2,1-2H3,(H2,29,30,31). The van der Waals surface area contributed by atoms with Gasteiger partial charge in [0.2, 0.25) is 5.91 Å². The van der Waals surface area contributed by atoms with Crippen LogP contribution in [0.4, 0.5) is 5.82 Å². The Bertz CT molecular complexity index is 1370. The molecule has 188 valence electrons. The lowest BCUT2D eigenvalue weighted by molar-refractivity contribution is -0.132. The first-order chi connectivity index (χ1) is 17.6. The predicted molar refractivity (Wildman–Crippen MR) is 145 cm³/mol. The Morgan fingerprint density at radius 2 is 1.69 bits per heavy atom. The minimum absolute atomic E-state index is 0.267. The molecule has 0 saturated carbocycles. The highest BCUT2D eigenvalue weighted by molar-refractivity contribution is 6.06. The number of nitrogens with zero attached hydrogens (tertiary/aromatic N) is 6. The highest BCUT2D eigenvalue weighted by Gasteiger charge is 2.20. The van der Waals surface area contributed by atoms with E-state index in [9.17, 15) is 4.79 Å². The molecule has 3 heterocycles. The number of amides is 1. The van der Waals surface area contributed by atoms with Crippen molar-refractivity contribution < 1.29 is 4.79 Å². The minimum atomic E-state index is 0.267. The van der Waals surface area contributed by atoms with Gasteiger partial charge in [0.25, 0.3) is 0 Å². The second-order valence-electron chi connectivity index (χ2n) is 9.64. The van der Waals surface area contributed by atoms with E-state index in [0.717, 1.165) is 86.2 Å². The molecule has 8 heteroatoms. The van der Waals surface area contributed by atoms with E-state index in [0.29, 0.717) is 12.2 Å². The smallest absolute Gasteiger partial charge is 0.222 e. The fraction of sp³-hybridized carbons (Fsp3) is 0.429. The van der Waals surface area contributed by atoms with Crippen LogP contribution in [0.2, 0.25) is 0 Å². The third kappa shape index (κ3) is 4.78. The number of carbonyl (C=O) groups is 1. The van der Waals surface area contributed by atoms with Gasteiger partial charge in [0.15, 0.2) is 5.65 Å². The molecular weight excluding hydrogens is 450 g/mol. The van der Waals surface area contributed by atoms with Gasteiger partial charge in [-0.25, -0.2) is 14.6 Å². The predicted octanol–water partition coefficient (Wildman–Crippen LogP) is 4.26. The van der Waals surface area contributed by atoms with Crippen molar-refractivity contribution in [2.45, 2.75) is 46.1 Å². The van der Waals surface area contributed by atoms with Gasteiger partial charge < -0.3 is 10.6 Å². The Kier molecular flexibility index (Phi) is 7.13. The average Bonchev–Trinajstić information content (AvgIpc) is 3.28. The van der Waals surface area contributed by atoms with Crippen molar-refractivity contribution >= 4 is 33.5 Å². The van der Waals surface area contributed by atoms with Gasteiger partial charge in [-0.15, -0.1) is 0 Å². The molecule has 8 nitrogen and oxygen atoms in total. The van der Waals surface area contributed by atoms with Crippen molar-refractivity contribution in [3.05, 3.63) is 48.3 Å². The van der Waals surface area contributed by atoms with Crippen molar-refractivity contribution in [2.24, 2.45) is 0 Å². The molecular formula is C28H35N7O. The summed E-state index contributed by atoms with van der Waals surface area (Å²) < 4.78 is 1.99. The number of carbonyl (C=O) groups excluding carboxylic acids is 1. The van der Waals surface area contributed by atoms with Crippen LogP contribution in [-0.2, 0) is 11.3 Å². The number of anilines is 1. The number of unbranched alkanes of at least 4 members (excludes halogenated alkanes) is 2. The maximum Gasteiger partial charge on any atom is 0.222 e. The van der Waals surface area contributed by atoms with E-state index in [1.54, 1.807) is 0 Å². The first kappa shape index (κ1) is 24.2. The molecule has 2 aromatic heterocycles. The van der Waals surface area contributed by atoms with Gasteiger partial charge >= 0.3 is 0 Å². The fourth-order valence-electron chi connectivity index (χ4n) is 5.25. The molecule has 5 rings (SSSR count). The zero-order valence-corrected chi connectivity index (χ0v) is 21.3. The van der Waals surface area contributed by atoms with E-state index in [1.807, 2.05) is 16.5 Å². The minimum Gasteiger partial charge on any atom is -0.383 e. The number of aromatic nitrogens is 4. The van der Waals surface area contributed by atoms with Crippen LogP contribution >= 0.6 is 0 Å². The molecule has 1 fully saturated rings. The van der Waals surface area contributed by atoms with Gasteiger partial charge in [-0.05, 0) is 42.6 Å². The molecule has 2 aromatic carbocycles. The van der Waals surface area contributed by atoms with Crippen LogP contribution in [0, 0.1) is 6.92 Å². The first-order valence-electron chi connectivity index (χ1n) is 13.0. The van der Waals surface area contributed by atoms with Crippen LogP contribution in [-0.4, -0.2) is 68.2 Å². The highest BCUT2D eigenvalue weighted by Crippen LogP contribution is 2.35. The Hall–Kier alpha value is -3.52. The summed E-state index contributed by atoms with van der Waals surface area (Å²) in [7, 11) is 0. The largest absolute Gasteiger partial charge is 0.383 e. The molecule has 2 N–H and O–H groups in total. The quantitative estimate of drug-likeness (QED) is 0.375. The summed E-state index contributed by atoms with van der Waals surface area (Å²) in [4.78, 5) is 25.2. The number of piperazine rings is 1. The molecule has 0 unspecified atom stereocenters. The maximum absolute atomic E-state index is 11.9. The molecule has 1 amide bonds. The Labute approximate surface area is 212 Å². The molecule has 4 aromatic rings. The van der Waals surface area contributed by atoms with Crippen LogP contribution in [0.25, 0.3) is 33.1 Å². The van der Waals surface area contributed by atoms with Crippen LogP contribution < -0.4 is 5.73 Å². The molecule has 0 spiro atoms. The normalized spacial score (nSPS) is 14.7. The van der Waals surface area contributed by atoms with Gasteiger partial charge in [-0.1, -0.05) is 49.7 Å². The molecule has 1 aliphatic rings. The average molecular weight is 486 g/mol. The second kappa shape index (κ2) is 10.6.